The van der Waals surface area contributed by atoms with Gasteiger partial charge in [-0.1, -0.05) is 6.07 Å². The van der Waals surface area contributed by atoms with Gasteiger partial charge in [0.05, 0.1) is 0 Å². The predicted molar refractivity (Wildman–Crippen MR) is 80.0 cm³/mol. The number of hydrogen-bond donors (Lipinski definition) is 1. The van der Waals surface area contributed by atoms with Crippen LogP contribution in [0.25, 0.3) is 0 Å². The largest absolute Gasteiger partial charge is 0.486 e. The van der Waals surface area contributed by atoms with Gasteiger partial charge < -0.3 is 10.5 Å². The Morgan fingerprint density at radius 3 is 2.75 bits per heavy atom. The minimum absolute atomic E-state index is 0.00825. The Hall–Kier alpha value is -1.46. The molecular formula is C15H16BrFN2O. The van der Waals surface area contributed by atoms with E-state index < -0.39 is 0 Å². The molecule has 0 amide bonds. The molecule has 1 unspecified atom stereocenters. The summed E-state index contributed by atoms with van der Waals surface area (Å²) >= 11 is 3.33. The zero-order valence-electron chi connectivity index (χ0n) is 11.1. The highest BCUT2D eigenvalue weighted by Gasteiger charge is 2.07. The highest BCUT2D eigenvalue weighted by molar-refractivity contribution is 9.10. The lowest BCUT2D eigenvalue weighted by Crippen LogP contribution is -2.17. The van der Waals surface area contributed by atoms with Crippen molar-refractivity contribution in [3.8, 4) is 5.75 Å². The first-order chi connectivity index (χ1) is 9.54. The molecule has 3 nitrogen and oxygen atoms in total. The van der Waals surface area contributed by atoms with Crippen molar-refractivity contribution in [2.45, 2.75) is 26.0 Å². The Bertz CT molecular complexity index is 590. The summed E-state index contributed by atoms with van der Waals surface area (Å²) < 4.78 is 20.2. The number of nitrogens with zero attached hydrogens (tertiary/aromatic N) is 1. The number of aromatic nitrogens is 1. The SMILES string of the molecule is CC(N)Cc1ccc(OCc2cncc(Br)c2)c(F)c1. The van der Waals surface area contributed by atoms with E-state index in [2.05, 4.69) is 20.9 Å². The van der Waals surface area contributed by atoms with E-state index >= 15 is 0 Å². The summed E-state index contributed by atoms with van der Waals surface area (Å²) in [5.74, 6) is -0.135. The average Bonchev–Trinajstić information content (AvgIpc) is 2.37. The van der Waals surface area contributed by atoms with Gasteiger partial charge in [-0.05, 0) is 53.0 Å². The number of hydrogen-bond acceptors (Lipinski definition) is 3. The van der Waals surface area contributed by atoms with Crippen LogP contribution in [0.4, 0.5) is 4.39 Å². The van der Waals surface area contributed by atoms with Crippen LogP contribution in [0, 0.1) is 5.82 Å². The predicted octanol–water partition coefficient (Wildman–Crippen LogP) is 3.45. The molecule has 5 heteroatoms. The maximum absolute atomic E-state index is 13.9. The summed E-state index contributed by atoms with van der Waals surface area (Å²) in [5, 5.41) is 0. The molecule has 1 atom stereocenters. The minimum Gasteiger partial charge on any atom is -0.486 e. The monoisotopic (exact) mass is 338 g/mol. The van der Waals surface area contributed by atoms with E-state index in [9.17, 15) is 4.39 Å². The van der Waals surface area contributed by atoms with Crippen LogP contribution >= 0.6 is 15.9 Å². The fourth-order valence-corrected chi connectivity index (χ4v) is 2.27. The Morgan fingerprint density at radius 1 is 1.30 bits per heavy atom. The Labute approximate surface area is 126 Å². The Balaban J connectivity index is 2.03. The van der Waals surface area contributed by atoms with Crippen LogP contribution < -0.4 is 10.5 Å². The topological polar surface area (TPSA) is 48.1 Å². The average molecular weight is 339 g/mol. The molecule has 1 aromatic heterocycles. The number of benzene rings is 1. The zero-order valence-corrected chi connectivity index (χ0v) is 12.7. The molecular weight excluding hydrogens is 323 g/mol. The van der Waals surface area contributed by atoms with Gasteiger partial charge in [0.25, 0.3) is 0 Å². The van der Waals surface area contributed by atoms with Gasteiger partial charge in [0, 0.05) is 28.5 Å². The van der Waals surface area contributed by atoms with Crippen molar-refractivity contribution < 1.29 is 9.13 Å². The third-order valence-corrected chi connectivity index (χ3v) is 3.14. The molecule has 0 radical (unpaired) electrons. The maximum Gasteiger partial charge on any atom is 0.165 e. The van der Waals surface area contributed by atoms with E-state index in [1.807, 2.05) is 19.1 Å². The summed E-state index contributed by atoms with van der Waals surface area (Å²) in [4.78, 5) is 4.03. The maximum atomic E-state index is 13.9. The number of rotatable bonds is 5. The first-order valence-electron chi connectivity index (χ1n) is 6.31. The van der Waals surface area contributed by atoms with Crippen molar-refractivity contribution in [1.29, 1.82) is 0 Å². The lowest BCUT2D eigenvalue weighted by molar-refractivity contribution is 0.289. The number of nitrogens with two attached hydrogens (primary N) is 1. The van der Waals surface area contributed by atoms with Crippen LogP contribution in [0.1, 0.15) is 18.1 Å². The number of ether oxygens (including phenoxy) is 1. The lowest BCUT2D eigenvalue weighted by atomic mass is 10.1. The zero-order chi connectivity index (χ0) is 14.5. The summed E-state index contributed by atoms with van der Waals surface area (Å²) in [7, 11) is 0. The molecule has 2 N–H and O–H groups in total. The van der Waals surface area contributed by atoms with Gasteiger partial charge in [0.15, 0.2) is 11.6 Å². The molecule has 0 spiro atoms. The van der Waals surface area contributed by atoms with Crippen LogP contribution in [-0.2, 0) is 13.0 Å². The summed E-state index contributed by atoms with van der Waals surface area (Å²) in [5.41, 5.74) is 7.44. The first kappa shape index (κ1) is 14.9. The second kappa shape index (κ2) is 6.81. The molecule has 0 aliphatic heterocycles. The van der Waals surface area contributed by atoms with E-state index in [0.717, 1.165) is 15.6 Å². The van der Waals surface area contributed by atoms with Crippen molar-refractivity contribution in [3.63, 3.8) is 0 Å². The molecule has 2 aromatic rings. The van der Waals surface area contributed by atoms with Crippen molar-refractivity contribution in [1.82, 2.24) is 4.98 Å². The highest BCUT2D eigenvalue weighted by Crippen LogP contribution is 2.20. The molecule has 2 rings (SSSR count). The van der Waals surface area contributed by atoms with Gasteiger partial charge in [-0.2, -0.15) is 0 Å². The van der Waals surface area contributed by atoms with Crippen molar-refractivity contribution in [3.05, 3.63) is 58.1 Å². The van der Waals surface area contributed by atoms with Crippen molar-refractivity contribution in [2.75, 3.05) is 0 Å². The Morgan fingerprint density at radius 2 is 2.10 bits per heavy atom. The summed E-state index contributed by atoms with van der Waals surface area (Å²) in [6, 6.07) is 6.83. The van der Waals surface area contributed by atoms with E-state index in [1.54, 1.807) is 18.5 Å². The van der Waals surface area contributed by atoms with Crippen LogP contribution in [0.15, 0.2) is 41.1 Å². The molecule has 0 aliphatic carbocycles. The van der Waals surface area contributed by atoms with Crippen molar-refractivity contribution in [2.24, 2.45) is 5.73 Å². The Kier molecular flexibility index (Phi) is 5.09. The molecule has 0 saturated heterocycles. The van der Waals surface area contributed by atoms with Gasteiger partial charge in [0.2, 0.25) is 0 Å². The van der Waals surface area contributed by atoms with E-state index in [4.69, 9.17) is 10.5 Å². The van der Waals surface area contributed by atoms with Gasteiger partial charge in [-0.3, -0.25) is 4.98 Å². The first-order valence-corrected chi connectivity index (χ1v) is 7.10. The standard InChI is InChI=1S/C15H16BrFN2O/c1-10(18)4-11-2-3-15(14(17)6-11)20-9-12-5-13(16)8-19-7-12/h2-3,5-8,10H,4,9,18H2,1H3. The smallest absolute Gasteiger partial charge is 0.165 e. The molecule has 1 heterocycles. The number of halogens is 2. The van der Waals surface area contributed by atoms with Crippen LogP contribution in [0.2, 0.25) is 0 Å². The van der Waals surface area contributed by atoms with Crippen molar-refractivity contribution >= 4 is 15.9 Å². The van der Waals surface area contributed by atoms with Gasteiger partial charge in [-0.25, -0.2) is 4.39 Å². The molecule has 0 aliphatic rings. The fourth-order valence-electron chi connectivity index (χ4n) is 1.86. The summed E-state index contributed by atoms with van der Waals surface area (Å²) in [6.45, 7) is 2.17. The van der Waals surface area contributed by atoms with Gasteiger partial charge in [-0.15, -0.1) is 0 Å². The second-order valence-corrected chi connectivity index (χ2v) is 5.66. The second-order valence-electron chi connectivity index (χ2n) is 4.75. The molecule has 0 fully saturated rings. The van der Waals surface area contributed by atoms with E-state index in [1.165, 1.54) is 6.07 Å². The summed E-state index contributed by atoms with van der Waals surface area (Å²) in [6.07, 6.45) is 4.02. The van der Waals surface area contributed by atoms with Crippen LogP contribution in [0.5, 0.6) is 5.75 Å². The lowest BCUT2D eigenvalue weighted by Gasteiger charge is -2.10. The molecule has 106 valence electrons. The van der Waals surface area contributed by atoms with Crippen LogP contribution in [0.3, 0.4) is 0 Å². The van der Waals surface area contributed by atoms with E-state index in [-0.39, 0.29) is 24.2 Å². The fraction of sp³-hybridized carbons (Fsp3) is 0.267. The van der Waals surface area contributed by atoms with Gasteiger partial charge >= 0.3 is 0 Å². The molecule has 0 bridgehead atoms. The molecule has 20 heavy (non-hydrogen) atoms. The highest BCUT2D eigenvalue weighted by atomic mass is 79.9. The number of pyridine rings is 1. The third kappa shape index (κ3) is 4.28. The minimum atomic E-state index is -0.369. The third-order valence-electron chi connectivity index (χ3n) is 2.71. The van der Waals surface area contributed by atoms with Gasteiger partial charge in [0.1, 0.15) is 6.61 Å². The quantitative estimate of drug-likeness (QED) is 0.908. The molecule has 0 saturated carbocycles. The molecule has 1 aromatic carbocycles. The van der Waals surface area contributed by atoms with Crippen LogP contribution in [-0.4, -0.2) is 11.0 Å². The van der Waals surface area contributed by atoms with E-state index in [0.29, 0.717) is 6.42 Å². The normalized spacial score (nSPS) is 12.2.